The summed E-state index contributed by atoms with van der Waals surface area (Å²) in [6.07, 6.45) is 4.90. The molecule has 5 nitrogen and oxygen atoms in total. The molecular weight excluding hydrogens is 270 g/mol. The molecule has 0 spiro atoms. The molecule has 0 aromatic heterocycles. The fourth-order valence-corrected chi connectivity index (χ4v) is 3.15. The molecule has 5 heteroatoms. The fraction of sp³-hybridized carbons (Fsp3) is 0.312. The van der Waals surface area contributed by atoms with Gasteiger partial charge in [0.2, 0.25) is 11.8 Å². The molecule has 1 aliphatic heterocycles. The first-order valence-electron chi connectivity index (χ1n) is 6.88. The van der Waals surface area contributed by atoms with Gasteiger partial charge in [-0.1, -0.05) is 24.3 Å². The number of hydrogen-bond donors (Lipinski definition) is 1. The summed E-state index contributed by atoms with van der Waals surface area (Å²) in [5, 5.41) is 9.32. The first-order chi connectivity index (χ1) is 10.0. The largest absolute Gasteiger partial charge is 0.478 e. The molecule has 0 radical (unpaired) electrons. The lowest BCUT2D eigenvalue weighted by Crippen LogP contribution is -2.33. The van der Waals surface area contributed by atoms with Crippen molar-refractivity contribution in [3.05, 3.63) is 41.5 Å². The molecule has 108 valence electrons. The van der Waals surface area contributed by atoms with Crippen molar-refractivity contribution in [1.82, 2.24) is 0 Å². The number of fused-ring (bicyclic) bond motifs is 1. The van der Waals surface area contributed by atoms with Gasteiger partial charge in [-0.2, -0.15) is 0 Å². The molecule has 0 saturated carbocycles. The van der Waals surface area contributed by atoms with E-state index < -0.39 is 5.97 Å². The van der Waals surface area contributed by atoms with Crippen LogP contribution in [0.1, 0.15) is 28.8 Å². The van der Waals surface area contributed by atoms with E-state index in [1.54, 1.807) is 19.1 Å². The Morgan fingerprint density at radius 2 is 1.71 bits per heavy atom. The Morgan fingerprint density at radius 3 is 2.24 bits per heavy atom. The van der Waals surface area contributed by atoms with E-state index in [2.05, 4.69) is 0 Å². The van der Waals surface area contributed by atoms with Crippen molar-refractivity contribution < 1.29 is 19.5 Å². The number of carboxylic acid groups (broad SMARTS) is 1. The number of carbonyl (C=O) groups is 3. The molecule has 1 aliphatic carbocycles. The van der Waals surface area contributed by atoms with Gasteiger partial charge in [-0.3, -0.25) is 9.59 Å². The Balaban J connectivity index is 2.12. The highest BCUT2D eigenvalue weighted by molar-refractivity contribution is 6.24. The normalized spacial score (nSPS) is 24.3. The average molecular weight is 285 g/mol. The van der Waals surface area contributed by atoms with E-state index in [9.17, 15) is 19.5 Å². The van der Waals surface area contributed by atoms with Gasteiger partial charge in [0.05, 0.1) is 23.1 Å². The zero-order valence-corrected chi connectivity index (χ0v) is 11.6. The van der Waals surface area contributed by atoms with Crippen LogP contribution >= 0.6 is 0 Å². The molecule has 1 aromatic rings. The molecule has 1 heterocycles. The topological polar surface area (TPSA) is 74.7 Å². The van der Waals surface area contributed by atoms with Crippen molar-refractivity contribution in [2.24, 2.45) is 11.8 Å². The number of aryl methyl sites for hydroxylation is 1. The summed E-state index contributed by atoms with van der Waals surface area (Å²) in [6.45, 7) is 1.71. The van der Waals surface area contributed by atoms with Gasteiger partial charge in [-0.05, 0) is 31.4 Å². The van der Waals surface area contributed by atoms with Gasteiger partial charge < -0.3 is 5.11 Å². The van der Waals surface area contributed by atoms with Gasteiger partial charge in [0.25, 0.3) is 0 Å². The fourth-order valence-electron chi connectivity index (χ4n) is 3.15. The Kier molecular flexibility index (Phi) is 3.12. The van der Waals surface area contributed by atoms with Crippen LogP contribution in [0.2, 0.25) is 0 Å². The van der Waals surface area contributed by atoms with E-state index in [-0.39, 0.29) is 34.9 Å². The second-order valence-corrected chi connectivity index (χ2v) is 5.44. The first kappa shape index (κ1) is 13.5. The molecule has 1 saturated heterocycles. The molecule has 1 aromatic carbocycles. The minimum absolute atomic E-state index is 0.0108. The SMILES string of the molecule is Cc1cccc(C(=O)O)c1N1C(=O)C2CC=CCC2C1=O. The molecule has 1 N–H and O–H groups in total. The highest BCUT2D eigenvalue weighted by Gasteiger charge is 2.49. The van der Waals surface area contributed by atoms with E-state index in [0.717, 1.165) is 4.90 Å². The highest BCUT2D eigenvalue weighted by atomic mass is 16.4. The van der Waals surface area contributed by atoms with Gasteiger partial charge in [-0.25, -0.2) is 9.69 Å². The molecular formula is C16H15NO4. The number of carbonyl (C=O) groups excluding carboxylic acids is 2. The number of carboxylic acids is 1. The molecule has 2 atom stereocenters. The summed E-state index contributed by atoms with van der Waals surface area (Å²) in [7, 11) is 0. The van der Waals surface area contributed by atoms with Gasteiger partial charge >= 0.3 is 5.97 Å². The predicted octanol–water partition coefficient (Wildman–Crippen LogP) is 2.15. The third-order valence-corrected chi connectivity index (χ3v) is 4.20. The van der Waals surface area contributed by atoms with Crippen LogP contribution in [0.25, 0.3) is 0 Å². The van der Waals surface area contributed by atoms with E-state index in [1.165, 1.54) is 6.07 Å². The van der Waals surface area contributed by atoms with Crippen LogP contribution in [0.3, 0.4) is 0 Å². The van der Waals surface area contributed by atoms with Crippen molar-refractivity contribution in [2.45, 2.75) is 19.8 Å². The standard InChI is InChI=1S/C16H15NO4/c1-9-5-4-8-12(16(20)21)13(9)17-14(18)10-6-2-3-7-11(10)15(17)19/h2-5,8,10-11H,6-7H2,1H3,(H,20,21). The van der Waals surface area contributed by atoms with Crippen LogP contribution in [-0.2, 0) is 9.59 Å². The Labute approximate surface area is 121 Å². The van der Waals surface area contributed by atoms with E-state index in [1.807, 2.05) is 12.2 Å². The second kappa shape index (κ2) is 4.84. The molecule has 2 unspecified atom stereocenters. The maximum absolute atomic E-state index is 12.6. The van der Waals surface area contributed by atoms with Crippen LogP contribution in [0.5, 0.6) is 0 Å². The third kappa shape index (κ3) is 1.96. The highest BCUT2D eigenvalue weighted by Crippen LogP contribution is 2.39. The van der Waals surface area contributed by atoms with Crippen LogP contribution in [0, 0.1) is 18.8 Å². The predicted molar refractivity (Wildman–Crippen MR) is 76.0 cm³/mol. The summed E-state index contributed by atoms with van der Waals surface area (Å²) >= 11 is 0. The zero-order valence-electron chi connectivity index (χ0n) is 11.6. The number of imide groups is 1. The van der Waals surface area contributed by atoms with Crippen molar-refractivity contribution in [2.75, 3.05) is 4.90 Å². The number of benzene rings is 1. The number of hydrogen-bond acceptors (Lipinski definition) is 3. The smallest absolute Gasteiger partial charge is 0.337 e. The summed E-state index contributed by atoms with van der Waals surface area (Å²) < 4.78 is 0. The van der Waals surface area contributed by atoms with Crippen molar-refractivity contribution >= 4 is 23.5 Å². The number of anilines is 1. The van der Waals surface area contributed by atoms with Crippen LogP contribution in [-0.4, -0.2) is 22.9 Å². The molecule has 2 amide bonds. The quantitative estimate of drug-likeness (QED) is 0.667. The van der Waals surface area contributed by atoms with E-state index in [4.69, 9.17) is 0 Å². The minimum Gasteiger partial charge on any atom is -0.478 e. The number of nitrogens with zero attached hydrogens (tertiary/aromatic N) is 1. The van der Waals surface area contributed by atoms with Crippen LogP contribution < -0.4 is 4.90 Å². The number of amides is 2. The summed E-state index contributed by atoms with van der Waals surface area (Å²) in [6, 6.07) is 4.75. The number of rotatable bonds is 2. The monoisotopic (exact) mass is 285 g/mol. The molecule has 21 heavy (non-hydrogen) atoms. The maximum Gasteiger partial charge on any atom is 0.337 e. The molecule has 2 aliphatic rings. The zero-order chi connectivity index (χ0) is 15.1. The lowest BCUT2D eigenvalue weighted by molar-refractivity contribution is -0.122. The van der Waals surface area contributed by atoms with E-state index >= 15 is 0 Å². The Hall–Kier alpha value is -2.43. The van der Waals surface area contributed by atoms with Crippen molar-refractivity contribution in [1.29, 1.82) is 0 Å². The lowest BCUT2D eigenvalue weighted by atomic mass is 9.85. The first-order valence-corrected chi connectivity index (χ1v) is 6.88. The summed E-state index contributed by atoms with van der Waals surface area (Å²) in [5.74, 6) is -2.42. The van der Waals surface area contributed by atoms with E-state index in [0.29, 0.717) is 18.4 Å². The van der Waals surface area contributed by atoms with Gasteiger partial charge in [0, 0.05) is 0 Å². The summed E-state index contributed by atoms with van der Waals surface area (Å²) in [4.78, 5) is 37.6. The van der Waals surface area contributed by atoms with Crippen molar-refractivity contribution in [3.8, 4) is 0 Å². The number of allylic oxidation sites excluding steroid dienone is 2. The van der Waals surface area contributed by atoms with Crippen LogP contribution in [0.15, 0.2) is 30.4 Å². The molecule has 1 fully saturated rings. The van der Waals surface area contributed by atoms with Gasteiger partial charge in [-0.15, -0.1) is 0 Å². The van der Waals surface area contributed by atoms with Crippen molar-refractivity contribution in [3.63, 3.8) is 0 Å². The maximum atomic E-state index is 12.6. The minimum atomic E-state index is -1.14. The molecule has 0 bridgehead atoms. The summed E-state index contributed by atoms with van der Waals surface area (Å²) in [5.41, 5.74) is 0.820. The molecule has 3 rings (SSSR count). The average Bonchev–Trinajstić information content (AvgIpc) is 2.72. The second-order valence-electron chi connectivity index (χ2n) is 5.44. The Morgan fingerprint density at radius 1 is 1.14 bits per heavy atom. The van der Waals surface area contributed by atoms with Gasteiger partial charge in [0.1, 0.15) is 0 Å². The van der Waals surface area contributed by atoms with Crippen LogP contribution in [0.4, 0.5) is 5.69 Å². The van der Waals surface area contributed by atoms with Gasteiger partial charge in [0.15, 0.2) is 0 Å². The number of aromatic carboxylic acids is 1. The lowest BCUT2D eigenvalue weighted by Gasteiger charge is -2.19. The Bertz CT molecular complexity index is 651. The number of para-hydroxylation sites is 1. The third-order valence-electron chi connectivity index (χ3n) is 4.20.